The Morgan fingerprint density at radius 2 is 2.16 bits per heavy atom. The van der Waals surface area contributed by atoms with Gasteiger partial charge in [-0.3, -0.25) is 9.69 Å². The predicted octanol–water partition coefficient (Wildman–Crippen LogP) is 3.59. The SMILES string of the molecule is COc1ccc2c(c1)[C@]13CCN(CC4CC4)[C@H](C2)[C@@H]1CC(C)C(=O)C3. The van der Waals surface area contributed by atoms with Crippen molar-refractivity contribution in [1.82, 2.24) is 4.90 Å². The number of carbonyl (C=O) groups excluding carboxylic acids is 1. The molecule has 2 saturated carbocycles. The molecule has 1 aromatic carbocycles. The van der Waals surface area contributed by atoms with Crippen LogP contribution in [0.3, 0.4) is 0 Å². The minimum absolute atomic E-state index is 0.0659. The van der Waals surface area contributed by atoms with Gasteiger partial charge in [0.15, 0.2) is 0 Å². The summed E-state index contributed by atoms with van der Waals surface area (Å²) in [6, 6.07) is 7.25. The van der Waals surface area contributed by atoms with Gasteiger partial charge in [0.2, 0.25) is 0 Å². The molecule has 1 unspecified atom stereocenters. The number of ether oxygens (including phenoxy) is 1. The molecule has 1 aliphatic heterocycles. The third kappa shape index (κ3) is 2.38. The Kier molecular flexibility index (Phi) is 3.54. The van der Waals surface area contributed by atoms with Gasteiger partial charge in [-0.15, -0.1) is 0 Å². The van der Waals surface area contributed by atoms with Gasteiger partial charge in [0.1, 0.15) is 11.5 Å². The summed E-state index contributed by atoms with van der Waals surface area (Å²) in [7, 11) is 1.74. The third-order valence-corrected chi connectivity index (χ3v) is 7.61. The van der Waals surface area contributed by atoms with Crippen LogP contribution in [0.2, 0.25) is 0 Å². The van der Waals surface area contributed by atoms with Crippen molar-refractivity contribution >= 4 is 5.78 Å². The number of benzene rings is 1. The molecule has 0 aromatic heterocycles. The van der Waals surface area contributed by atoms with E-state index in [0.717, 1.165) is 43.9 Å². The van der Waals surface area contributed by atoms with Crippen LogP contribution in [-0.2, 0) is 16.6 Å². The van der Waals surface area contributed by atoms with Crippen LogP contribution in [0, 0.1) is 17.8 Å². The lowest BCUT2D eigenvalue weighted by Gasteiger charge is -2.59. The molecule has 134 valence electrons. The molecule has 1 aromatic rings. The molecular formula is C22H29NO2. The van der Waals surface area contributed by atoms with Crippen molar-refractivity contribution in [3.05, 3.63) is 29.3 Å². The second kappa shape index (κ2) is 5.57. The molecule has 3 nitrogen and oxygen atoms in total. The topological polar surface area (TPSA) is 29.5 Å². The maximum Gasteiger partial charge on any atom is 0.136 e. The fourth-order valence-corrected chi connectivity index (χ4v) is 6.03. The molecule has 25 heavy (non-hydrogen) atoms. The van der Waals surface area contributed by atoms with Crippen LogP contribution in [0.25, 0.3) is 0 Å². The summed E-state index contributed by atoms with van der Waals surface area (Å²) in [6.07, 6.45) is 6.94. The van der Waals surface area contributed by atoms with E-state index in [4.69, 9.17) is 4.74 Å². The summed E-state index contributed by atoms with van der Waals surface area (Å²) in [4.78, 5) is 15.5. The largest absolute Gasteiger partial charge is 0.497 e. The lowest BCUT2D eigenvalue weighted by molar-refractivity contribution is -0.132. The molecule has 1 saturated heterocycles. The van der Waals surface area contributed by atoms with Crippen LogP contribution in [0.15, 0.2) is 18.2 Å². The second-order valence-corrected chi connectivity index (χ2v) is 9.03. The smallest absolute Gasteiger partial charge is 0.136 e. The number of likely N-dealkylation sites (tertiary alicyclic amines) is 1. The minimum atomic E-state index is 0.0659. The molecule has 3 aliphatic carbocycles. The Morgan fingerprint density at radius 3 is 2.92 bits per heavy atom. The highest BCUT2D eigenvalue weighted by Gasteiger charge is 2.57. The van der Waals surface area contributed by atoms with Crippen LogP contribution in [-0.4, -0.2) is 36.9 Å². The van der Waals surface area contributed by atoms with Crippen molar-refractivity contribution in [2.24, 2.45) is 17.8 Å². The van der Waals surface area contributed by atoms with E-state index in [1.807, 2.05) is 0 Å². The van der Waals surface area contributed by atoms with Crippen molar-refractivity contribution < 1.29 is 9.53 Å². The van der Waals surface area contributed by atoms with E-state index in [9.17, 15) is 4.79 Å². The Balaban J connectivity index is 1.60. The standard InChI is InChI=1S/C22H29NO2/c1-14-9-19-20-10-16-5-6-17(25-2)11-18(16)22(19,12-21(14)24)7-8-23(20)13-15-3-4-15/h5-6,11,14-15,19-20H,3-4,7-10,12-13H2,1-2H3/t14?,19-,20+,22+/m0/s1. The summed E-state index contributed by atoms with van der Waals surface area (Å²) in [5, 5.41) is 0. The summed E-state index contributed by atoms with van der Waals surface area (Å²) >= 11 is 0. The van der Waals surface area contributed by atoms with Crippen LogP contribution in [0.5, 0.6) is 5.75 Å². The molecule has 1 heterocycles. The number of rotatable bonds is 3. The number of ketones is 1. The third-order valence-electron chi connectivity index (χ3n) is 7.61. The Bertz CT molecular complexity index is 710. The van der Waals surface area contributed by atoms with E-state index in [-0.39, 0.29) is 11.3 Å². The molecule has 5 rings (SSSR count). The molecule has 0 spiro atoms. The van der Waals surface area contributed by atoms with Crippen molar-refractivity contribution in [1.29, 1.82) is 0 Å². The molecule has 2 bridgehead atoms. The fraction of sp³-hybridized carbons (Fsp3) is 0.682. The monoisotopic (exact) mass is 339 g/mol. The van der Waals surface area contributed by atoms with Crippen LogP contribution in [0.4, 0.5) is 0 Å². The normalized spacial score (nSPS) is 37.4. The fourth-order valence-electron chi connectivity index (χ4n) is 6.03. The van der Waals surface area contributed by atoms with Crippen molar-refractivity contribution in [3.8, 4) is 5.75 Å². The Labute approximate surface area is 150 Å². The van der Waals surface area contributed by atoms with E-state index >= 15 is 0 Å². The number of Topliss-reactive ketones (excluding diaryl/α,β-unsaturated/α-hetero) is 1. The van der Waals surface area contributed by atoms with Gasteiger partial charge in [-0.25, -0.2) is 0 Å². The van der Waals surface area contributed by atoms with Gasteiger partial charge in [0, 0.05) is 30.3 Å². The first-order valence-electron chi connectivity index (χ1n) is 10.0. The molecule has 0 amide bonds. The van der Waals surface area contributed by atoms with Crippen LogP contribution >= 0.6 is 0 Å². The summed E-state index contributed by atoms with van der Waals surface area (Å²) < 4.78 is 5.53. The number of methoxy groups -OCH3 is 1. The molecule has 0 radical (unpaired) electrons. The van der Waals surface area contributed by atoms with Gasteiger partial charge in [-0.2, -0.15) is 0 Å². The lowest BCUT2D eigenvalue weighted by Crippen LogP contribution is -2.63. The number of hydrogen-bond acceptors (Lipinski definition) is 3. The van der Waals surface area contributed by atoms with Crippen LogP contribution < -0.4 is 4.74 Å². The predicted molar refractivity (Wildman–Crippen MR) is 98.0 cm³/mol. The first-order chi connectivity index (χ1) is 12.1. The zero-order valence-electron chi connectivity index (χ0n) is 15.5. The molecule has 3 fully saturated rings. The highest BCUT2D eigenvalue weighted by Crippen LogP contribution is 2.56. The van der Waals surface area contributed by atoms with E-state index in [1.54, 1.807) is 7.11 Å². The van der Waals surface area contributed by atoms with Crippen molar-refractivity contribution in [3.63, 3.8) is 0 Å². The van der Waals surface area contributed by atoms with Gasteiger partial charge in [-0.1, -0.05) is 13.0 Å². The van der Waals surface area contributed by atoms with Gasteiger partial charge in [0.05, 0.1) is 7.11 Å². The number of nitrogens with zero attached hydrogens (tertiary/aromatic N) is 1. The molecule has 4 aliphatic rings. The van der Waals surface area contributed by atoms with E-state index in [1.165, 1.54) is 30.5 Å². The van der Waals surface area contributed by atoms with Crippen molar-refractivity contribution in [2.75, 3.05) is 20.2 Å². The highest BCUT2D eigenvalue weighted by molar-refractivity contribution is 5.83. The molecular weight excluding hydrogens is 310 g/mol. The highest BCUT2D eigenvalue weighted by atomic mass is 16.5. The van der Waals surface area contributed by atoms with Gasteiger partial charge >= 0.3 is 0 Å². The maximum atomic E-state index is 12.7. The quantitative estimate of drug-likeness (QED) is 0.843. The molecule has 3 heteroatoms. The zero-order chi connectivity index (χ0) is 17.2. The van der Waals surface area contributed by atoms with Gasteiger partial charge in [-0.05, 0) is 73.7 Å². The first-order valence-corrected chi connectivity index (χ1v) is 10.0. The second-order valence-electron chi connectivity index (χ2n) is 9.03. The van der Waals surface area contributed by atoms with Crippen LogP contribution in [0.1, 0.15) is 50.2 Å². The Morgan fingerprint density at radius 1 is 1.32 bits per heavy atom. The van der Waals surface area contributed by atoms with E-state index in [2.05, 4.69) is 30.0 Å². The number of hydrogen-bond donors (Lipinski definition) is 0. The average molecular weight is 339 g/mol. The molecule has 4 atom stereocenters. The van der Waals surface area contributed by atoms with Crippen molar-refractivity contribution in [2.45, 2.75) is 56.9 Å². The van der Waals surface area contributed by atoms with Gasteiger partial charge < -0.3 is 4.74 Å². The first kappa shape index (κ1) is 15.9. The van der Waals surface area contributed by atoms with E-state index < -0.39 is 0 Å². The Hall–Kier alpha value is -1.35. The number of piperidine rings is 1. The average Bonchev–Trinajstić information content (AvgIpc) is 3.42. The van der Waals surface area contributed by atoms with E-state index in [0.29, 0.717) is 17.7 Å². The number of fused-ring (bicyclic) bond motifs is 1. The van der Waals surface area contributed by atoms with Gasteiger partial charge in [0.25, 0.3) is 0 Å². The molecule has 0 N–H and O–H groups in total. The summed E-state index contributed by atoms with van der Waals surface area (Å²) in [6.45, 7) is 4.60. The summed E-state index contributed by atoms with van der Waals surface area (Å²) in [5.41, 5.74) is 2.96. The zero-order valence-corrected chi connectivity index (χ0v) is 15.5. The minimum Gasteiger partial charge on any atom is -0.497 e. The maximum absolute atomic E-state index is 12.7. The number of carbonyl (C=O) groups is 1. The summed E-state index contributed by atoms with van der Waals surface area (Å²) in [5.74, 6) is 3.21. The lowest BCUT2D eigenvalue weighted by atomic mass is 9.50.